The normalized spacial score (nSPS) is 17.1. The van der Waals surface area contributed by atoms with E-state index in [1.165, 1.54) is 12.0 Å². The van der Waals surface area contributed by atoms with Crippen LogP contribution >= 0.6 is 11.6 Å². The molecule has 24 heavy (non-hydrogen) atoms. The quantitative estimate of drug-likeness (QED) is 0.869. The Labute approximate surface area is 144 Å². The molecular formula is C17H19ClN2O4. The molecule has 0 aliphatic carbocycles. The fraction of sp³-hybridized carbons (Fsp3) is 0.412. The van der Waals surface area contributed by atoms with Crippen LogP contribution in [0.2, 0.25) is 5.02 Å². The van der Waals surface area contributed by atoms with Gasteiger partial charge in [0.15, 0.2) is 0 Å². The van der Waals surface area contributed by atoms with Crippen molar-refractivity contribution in [2.75, 3.05) is 20.2 Å². The monoisotopic (exact) mass is 350 g/mol. The fourth-order valence-corrected chi connectivity index (χ4v) is 3.52. The number of hydrogen-bond donors (Lipinski definition) is 2. The number of benzene rings is 1. The highest BCUT2D eigenvalue weighted by Crippen LogP contribution is 2.41. The molecule has 1 aromatic heterocycles. The number of hydrogen-bond acceptors (Lipinski definition) is 4. The smallest absolute Gasteiger partial charge is 0.407 e. The van der Waals surface area contributed by atoms with Gasteiger partial charge in [0.25, 0.3) is 0 Å². The number of ether oxygens (including phenoxy) is 1. The lowest BCUT2D eigenvalue weighted by Crippen LogP contribution is -2.44. The van der Waals surface area contributed by atoms with Crippen molar-refractivity contribution in [3.8, 4) is 5.75 Å². The Morgan fingerprint density at radius 1 is 1.33 bits per heavy atom. The molecule has 2 heterocycles. The summed E-state index contributed by atoms with van der Waals surface area (Å²) in [4.78, 5) is 16.8. The molecule has 1 aliphatic rings. The Hall–Kier alpha value is -2.05. The van der Waals surface area contributed by atoms with Crippen molar-refractivity contribution in [2.24, 2.45) is 0 Å². The van der Waals surface area contributed by atoms with Crippen molar-refractivity contribution < 1.29 is 19.7 Å². The molecule has 0 atom stereocenters. The molecule has 6 nitrogen and oxygen atoms in total. The summed E-state index contributed by atoms with van der Waals surface area (Å²) in [6.45, 7) is 2.40. The number of amides is 1. The molecule has 1 fully saturated rings. The summed E-state index contributed by atoms with van der Waals surface area (Å²) in [5.74, 6) is 0.531. The van der Waals surface area contributed by atoms with E-state index in [9.17, 15) is 9.90 Å². The van der Waals surface area contributed by atoms with Crippen molar-refractivity contribution in [1.29, 1.82) is 0 Å². The molecule has 3 rings (SSSR count). The molecule has 2 N–H and O–H groups in total. The third-order valence-electron chi connectivity index (χ3n) is 4.57. The number of carbonyl (C=O) groups is 1. The average Bonchev–Trinajstić information content (AvgIpc) is 2.53. The Kier molecular flexibility index (Phi) is 4.27. The van der Waals surface area contributed by atoms with Gasteiger partial charge >= 0.3 is 6.09 Å². The number of aromatic nitrogens is 1. The molecule has 1 amide bonds. The standard InChI is InChI=1S/C17H19ClN2O4/c1-10-7-13(18)11-8-12(15(24-2)9-14(11)19-10)17(23)3-5-20(6-4-17)16(21)22/h7-9,23H,3-6H2,1-2H3,(H,21,22). The number of likely N-dealkylation sites (tertiary alicyclic amines) is 1. The molecule has 0 saturated carbocycles. The third-order valence-corrected chi connectivity index (χ3v) is 4.88. The van der Waals surface area contributed by atoms with Gasteiger partial charge in [-0.05, 0) is 31.9 Å². The molecule has 1 aliphatic heterocycles. The molecular weight excluding hydrogens is 332 g/mol. The molecule has 0 spiro atoms. The number of halogens is 1. The van der Waals surface area contributed by atoms with E-state index in [4.69, 9.17) is 21.4 Å². The van der Waals surface area contributed by atoms with Crippen molar-refractivity contribution in [1.82, 2.24) is 9.88 Å². The van der Waals surface area contributed by atoms with Crippen LogP contribution in [0.1, 0.15) is 24.1 Å². The minimum absolute atomic E-state index is 0.271. The van der Waals surface area contributed by atoms with Gasteiger partial charge in [0.05, 0.1) is 23.3 Å². The van der Waals surface area contributed by atoms with Gasteiger partial charge in [-0.2, -0.15) is 0 Å². The average molecular weight is 351 g/mol. The molecule has 0 unspecified atom stereocenters. The second kappa shape index (κ2) is 6.11. The number of aliphatic hydroxyl groups is 1. The van der Waals surface area contributed by atoms with Gasteiger partial charge in [-0.25, -0.2) is 4.79 Å². The molecule has 2 aromatic rings. The van der Waals surface area contributed by atoms with E-state index >= 15 is 0 Å². The number of fused-ring (bicyclic) bond motifs is 1. The number of piperidine rings is 1. The first-order chi connectivity index (χ1) is 11.3. The van der Waals surface area contributed by atoms with E-state index < -0.39 is 11.7 Å². The molecule has 0 bridgehead atoms. The van der Waals surface area contributed by atoms with Crippen LogP contribution in [-0.4, -0.2) is 46.4 Å². The Balaban J connectivity index is 2.07. The van der Waals surface area contributed by atoms with Gasteiger partial charge in [0.1, 0.15) is 5.75 Å². The summed E-state index contributed by atoms with van der Waals surface area (Å²) < 4.78 is 5.45. The van der Waals surface area contributed by atoms with Crippen molar-refractivity contribution >= 4 is 28.6 Å². The Bertz CT molecular complexity index is 801. The van der Waals surface area contributed by atoms with Crippen LogP contribution in [0.4, 0.5) is 4.79 Å². The maximum absolute atomic E-state index is 11.1. The largest absolute Gasteiger partial charge is 0.496 e. The lowest BCUT2D eigenvalue weighted by molar-refractivity contribution is -0.0227. The zero-order valence-corrected chi connectivity index (χ0v) is 14.3. The number of carboxylic acid groups (broad SMARTS) is 1. The minimum Gasteiger partial charge on any atom is -0.496 e. The van der Waals surface area contributed by atoms with Crippen molar-refractivity contribution in [2.45, 2.75) is 25.4 Å². The predicted octanol–water partition coefficient (Wildman–Crippen LogP) is 3.17. The topological polar surface area (TPSA) is 82.9 Å². The second-order valence-corrected chi connectivity index (χ2v) is 6.52. The Morgan fingerprint density at radius 3 is 2.58 bits per heavy atom. The van der Waals surface area contributed by atoms with E-state index in [0.717, 1.165) is 11.1 Å². The van der Waals surface area contributed by atoms with E-state index in [0.29, 0.717) is 34.7 Å². The lowest BCUT2D eigenvalue weighted by Gasteiger charge is -2.38. The van der Waals surface area contributed by atoms with Crippen molar-refractivity contribution in [3.05, 3.63) is 34.5 Å². The van der Waals surface area contributed by atoms with Crippen LogP contribution in [-0.2, 0) is 5.60 Å². The Morgan fingerprint density at radius 2 is 2.00 bits per heavy atom. The van der Waals surface area contributed by atoms with Crippen LogP contribution in [0.5, 0.6) is 5.75 Å². The summed E-state index contributed by atoms with van der Waals surface area (Å²) in [5.41, 5.74) is 0.970. The highest BCUT2D eigenvalue weighted by atomic mass is 35.5. The fourth-order valence-electron chi connectivity index (χ4n) is 3.21. The maximum Gasteiger partial charge on any atom is 0.407 e. The summed E-state index contributed by atoms with van der Waals surface area (Å²) in [6, 6.07) is 5.35. The summed E-state index contributed by atoms with van der Waals surface area (Å²) >= 11 is 6.33. The van der Waals surface area contributed by atoms with Crippen LogP contribution in [0.25, 0.3) is 10.9 Å². The number of pyridine rings is 1. The lowest BCUT2D eigenvalue weighted by atomic mass is 9.83. The summed E-state index contributed by atoms with van der Waals surface area (Å²) in [7, 11) is 1.54. The van der Waals surface area contributed by atoms with E-state index in [-0.39, 0.29) is 13.1 Å². The first kappa shape index (κ1) is 16.8. The van der Waals surface area contributed by atoms with Gasteiger partial charge < -0.3 is 19.8 Å². The predicted molar refractivity (Wildman–Crippen MR) is 90.8 cm³/mol. The number of nitrogens with zero attached hydrogens (tertiary/aromatic N) is 2. The van der Waals surface area contributed by atoms with Crippen molar-refractivity contribution in [3.63, 3.8) is 0 Å². The molecule has 0 radical (unpaired) electrons. The van der Waals surface area contributed by atoms with E-state index in [1.807, 2.05) is 6.92 Å². The van der Waals surface area contributed by atoms with Crippen LogP contribution in [0.15, 0.2) is 18.2 Å². The third kappa shape index (κ3) is 2.87. The number of methoxy groups -OCH3 is 1. The SMILES string of the molecule is COc1cc2nc(C)cc(Cl)c2cc1C1(O)CCN(C(=O)O)CC1. The zero-order valence-electron chi connectivity index (χ0n) is 13.5. The van der Waals surface area contributed by atoms with E-state index in [2.05, 4.69) is 4.98 Å². The van der Waals surface area contributed by atoms with Crippen LogP contribution < -0.4 is 4.74 Å². The van der Waals surface area contributed by atoms with Gasteiger partial charge in [-0.1, -0.05) is 11.6 Å². The summed E-state index contributed by atoms with van der Waals surface area (Å²) in [6.07, 6.45) is -0.360. The molecule has 7 heteroatoms. The van der Waals surface area contributed by atoms with Gasteiger partial charge in [0.2, 0.25) is 0 Å². The van der Waals surface area contributed by atoms with Gasteiger partial charge in [0, 0.05) is 35.8 Å². The number of aryl methyl sites for hydroxylation is 1. The van der Waals surface area contributed by atoms with Gasteiger partial charge in [-0.3, -0.25) is 4.98 Å². The number of rotatable bonds is 2. The second-order valence-electron chi connectivity index (χ2n) is 6.12. The molecule has 128 valence electrons. The first-order valence-electron chi connectivity index (χ1n) is 7.70. The maximum atomic E-state index is 11.1. The van der Waals surface area contributed by atoms with Crippen LogP contribution in [0.3, 0.4) is 0 Å². The van der Waals surface area contributed by atoms with Crippen LogP contribution in [0, 0.1) is 6.92 Å². The molecule has 1 aromatic carbocycles. The van der Waals surface area contributed by atoms with E-state index in [1.54, 1.807) is 18.2 Å². The van der Waals surface area contributed by atoms with Gasteiger partial charge in [-0.15, -0.1) is 0 Å². The highest BCUT2D eigenvalue weighted by Gasteiger charge is 2.38. The first-order valence-corrected chi connectivity index (χ1v) is 8.07. The highest BCUT2D eigenvalue weighted by molar-refractivity contribution is 6.35. The molecule has 1 saturated heterocycles. The minimum atomic E-state index is -1.15. The summed E-state index contributed by atoms with van der Waals surface area (Å²) in [5, 5.41) is 21.5. The zero-order chi connectivity index (χ0) is 17.5.